The number of amides is 3. The van der Waals surface area contributed by atoms with Gasteiger partial charge in [0, 0.05) is 55.4 Å². The zero-order valence-corrected chi connectivity index (χ0v) is 25.2. The standard InChI is InChI=1S/C31H41BrN4O3/c1-5-6-17-35(22-28-12-8-18-34(28)21-26-13-15-27(32)16-14-26)29(37)23-36(19-9-20-39-4)31(38)33-30-24(2)10-7-11-25(30)3/h7-8,10-16,18H,5-6,9,17,19-23H2,1-4H3,(H,33,38). The minimum Gasteiger partial charge on any atom is -0.385 e. The molecule has 0 bridgehead atoms. The second-order valence-electron chi connectivity index (χ2n) is 9.89. The molecule has 0 spiro atoms. The van der Waals surface area contributed by atoms with Crippen LogP contribution in [0.3, 0.4) is 0 Å². The van der Waals surface area contributed by atoms with Gasteiger partial charge in [-0.3, -0.25) is 4.79 Å². The third kappa shape index (κ3) is 9.25. The van der Waals surface area contributed by atoms with Gasteiger partial charge in [0.05, 0.1) is 6.54 Å². The van der Waals surface area contributed by atoms with E-state index in [1.165, 1.54) is 5.56 Å². The van der Waals surface area contributed by atoms with Crippen LogP contribution in [0.4, 0.5) is 10.5 Å². The predicted molar refractivity (Wildman–Crippen MR) is 161 cm³/mol. The fourth-order valence-corrected chi connectivity index (χ4v) is 4.75. The van der Waals surface area contributed by atoms with Gasteiger partial charge in [-0.05, 0) is 67.6 Å². The first-order chi connectivity index (χ1) is 18.8. The monoisotopic (exact) mass is 596 g/mol. The van der Waals surface area contributed by atoms with Crippen LogP contribution in [-0.4, -0.2) is 59.7 Å². The largest absolute Gasteiger partial charge is 0.385 e. The number of benzene rings is 2. The molecule has 0 aliphatic carbocycles. The Morgan fingerprint density at radius 1 is 0.949 bits per heavy atom. The summed E-state index contributed by atoms with van der Waals surface area (Å²) in [5.74, 6) is -0.0612. The third-order valence-corrected chi connectivity index (χ3v) is 7.31. The average molecular weight is 598 g/mol. The van der Waals surface area contributed by atoms with Crippen molar-refractivity contribution in [3.8, 4) is 0 Å². The zero-order chi connectivity index (χ0) is 28.2. The van der Waals surface area contributed by atoms with E-state index in [-0.39, 0.29) is 18.5 Å². The highest BCUT2D eigenvalue weighted by molar-refractivity contribution is 9.10. The molecule has 7 nitrogen and oxygen atoms in total. The van der Waals surface area contributed by atoms with E-state index in [1.807, 2.05) is 55.1 Å². The number of para-hydroxylation sites is 1. The first-order valence-electron chi connectivity index (χ1n) is 13.6. The van der Waals surface area contributed by atoms with Crippen LogP contribution in [0.15, 0.2) is 65.3 Å². The highest BCUT2D eigenvalue weighted by Gasteiger charge is 2.23. The summed E-state index contributed by atoms with van der Waals surface area (Å²) in [5.41, 5.74) is 5.02. The predicted octanol–water partition coefficient (Wildman–Crippen LogP) is 6.62. The van der Waals surface area contributed by atoms with Gasteiger partial charge in [-0.15, -0.1) is 0 Å². The normalized spacial score (nSPS) is 10.9. The molecular weight excluding hydrogens is 556 g/mol. The molecule has 39 heavy (non-hydrogen) atoms. The number of aryl methyl sites for hydroxylation is 2. The summed E-state index contributed by atoms with van der Waals surface area (Å²) in [6, 6.07) is 18.0. The van der Waals surface area contributed by atoms with Crippen LogP contribution in [0.5, 0.6) is 0 Å². The van der Waals surface area contributed by atoms with E-state index in [4.69, 9.17) is 4.74 Å². The number of hydrogen-bond donors (Lipinski definition) is 1. The molecule has 1 heterocycles. The van der Waals surface area contributed by atoms with Gasteiger partial charge in [-0.25, -0.2) is 4.79 Å². The van der Waals surface area contributed by atoms with E-state index in [2.05, 4.69) is 57.1 Å². The molecule has 210 valence electrons. The molecule has 1 N–H and O–H groups in total. The molecule has 0 unspecified atom stereocenters. The van der Waals surface area contributed by atoms with Gasteiger partial charge in [0.15, 0.2) is 0 Å². The van der Waals surface area contributed by atoms with E-state index in [0.29, 0.717) is 32.7 Å². The Labute approximate surface area is 241 Å². The minimum atomic E-state index is -0.272. The number of nitrogens with one attached hydrogen (secondary N) is 1. The fourth-order valence-electron chi connectivity index (χ4n) is 4.48. The number of halogens is 1. The molecule has 0 aliphatic rings. The Bertz CT molecular complexity index is 1190. The lowest BCUT2D eigenvalue weighted by atomic mass is 10.1. The van der Waals surface area contributed by atoms with E-state index in [0.717, 1.165) is 46.4 Å². The van der Waals surface area contributed by atoms with Crippen LogP contribution in [0.1, 0.15) is 48.6 Å². The maximum absolute atomic E-state index is 13.7. The summed E-state index contributed by atoms with van der Waals surface area (Å²) in [6.45, 7) is 8.88. The van der Waals surface area contributed by atoms with Crippen molar-refractivity contribution in [2.24, 2.45) is 0 Å². The molecule has 3 amide bonds. The van der Waals surface area contributed by atoms with Gasteiger partial charge in [0.25, 0.3) is 0 Å². The second kappa shape index (κ2) is 15.5. The van der Waals surface area contributed by atoms with E-state index < -0.39 is 0 Å². The van der Waals surface area contributed by atoms with Crippen molar-refractivity contribution in [2.75, 3.05) is 38.7 Å². The SMILES string of the molecule is CCCCN(Cc1cccn1Cc1ccc(Br)cc1)C(=O)CN(CCCOC)C(=O)Nc1c(C)cccc1C. The van der Waals surface area contributed by atoms with Gasteiger partial charge in [0.1, 0.15) is 6.54 Å². The van der Waals surface area contributed by atoms with Crippen molar-refractivity contribution in [1.29, 1.82) is 0 Å². The summed E-state index contributed by atoms with van der Waals surface area (Å²) in [5, 5.41) is 3.05. The Balaban J connectivity index is 1.75. The number of methoxy groups -OCH3 is 1. The number of anilines is 1. The smallest absolute Gasteiger partial charge is 0.322 e. The van der Waals surface area contributed by atoms with E-state index in [9.17, 15) is 9.59 Å². The lowest BCUT2D eigenvalue weighted by molar-refractivity contribution is -0.132. The van der Waals surface area contributed by atoms with Crippen LogP contribution in [0.25, 0.3) is 0 Å². The Morgan fingerprint density at radius 2 is 1.64 bits per heavy atom. The summed E-state index contributed by atoms with van der Waals surface area (Å²) < 4.78 is 8.44. The molecule has 2 aromatic carbocycles. The third-order valence-electron chi connectivity index (χ3n) is 6.78. The van der Waals surface area contributed by atoms with E-state index in [1.54, 1.807) is 12.0 Å². The van der Waals surface area contributed by atoms with Gasteiger partial charge < -0.3 is 24.4 Å². The van der Waals surface area contributed by atoms with E-state index >= 15 is 0 Å². The lowest BCUT2D eigenvalue weighted by Gasteiger charge is -2.28. The number of unbranched alkanes of at least 4 members (excludes halogenated alkanes) is 1. The summed E-state index contributed by atoms with van der Waals surface area (Å²) in [7, 11) is 1.64. The molecule has 0 saturated carbocycles. The first kappa shape index (κ1) is 30.4. The number of nitrogens with zero attached hydrogens (tertiary/aromatic N) is 3. The summed E-state index contributed by atoms with van der Waals surface area (Å²) in [4.78, 5) is 30.5. The highest BCUT2D eigenvalue weighted by atomic mass is 79.9. The zero-order valence-electron chi connectivity index (χ0n) is 23.6. The van der Waals surface area contributed by atoms with Crippen molar-refractivity contribution < 1.29 is 14.3 Å². The van der Waals surface area contributed by atoms with Gasteiger partial charge in [-0.2, -0.15) is 0 Å². The van der Waals surface area contributed by atoms with Crippen molar-refractivity contribution in [1.82, 2.24) is 14.4 Å². The van der Waals surface area contributed by atoms with Crippen molar-refractivity contribution >= 4 is 33.6 Å². The maximum Gasteiger partial charge on any atom is 0.322 e. The molecule has 3 aromatic rings. The van der Waals surface area contributed by atoms with Crippen LogP contribution in [0.2, 0.25) is 0 Å². The van der Waals surface area contributed by atoms with Crippen LogP contribution >= 0.6 is 15.9 Å². The number of ether oxygens (including phenoxy) is 1. The molecule has 0 fully saturated rings. The van der Waals surface area contributed by atoms with Gasteiger partial charge in [-0.1, -0.05) is 59.6 Å². The van der Waals surface area contributed by atoms with Crippen molar-refractivity contribution in [3.05, 3.63) is 87.7 Å². The Morgan fingerprint density at radius 3 is 2.31 bits per heavy atom. The molecule has 0 aliphatic heterocycles. The van der Waals surface area contributed by atoms with Crippen molar-refractivity contribution in [2.45, 2.75) is 53.1 Å². The number of carbonyl (C=O) groups is 2. The van der Waals surface area contributed by atoms with Gasteiger partial charge >= 0.3 is 6.03 Å². The lowest BCUT2D eigenvalue weighted by Crippen LogP contribution is -2.45. The van der Waals surface area contributed by atoms with Crippen LogP contribution in [0, 0.1) is 13.8 Å². The number of rotatable bonds is 14. The van der Waals surface area contributed by atoms with Crippen LogP contribution in [-0.2, 0) is 22.6 Å². The molecule has 0 saturated heterocycles. The molecule has 3 rings (SSSR count). The molecule has 0 atom stereocenters. The Hall–Kier alpha value is -3.10. The second-order valence-corrected chi connectivity index (χ2v) is 10.8. The fraction of sp³-hybridized carbons (Fsp3) is 0.419. The average Bonchev–Trinajstić information content (AvgIpc) is 3.35. The number of aromatic nitrogens is 1. The highest BCUT2D eigenvalue weighted by Crippen LogP contribution is 2.20. The van der Waals surface area contributed by atoms with Crippen molar-refractivity contribution in [3.63, 3.8) is 0 Å². The number of hydrogen-bond acceptors (Lipinski definition) is 3. The molecule has 8 heteroatoms. The van der Waals surface area contributed by atoms with Gasteiger partial charge in [0.2, 0.25) is 5.91 Å². The number of urea groups is 1. The first-order valence-corrected chi connectivity index (χ1v) is 14.4. The Kier molecular flexibility index (Phi) is 12.1. The maximum atomic E-state index is 13.7. The summed E-state index contributed by atoms with van der Waals surface area (Å²) >= 11 is 3.49. The minimum absolute atomic E-state index is 0.0115. The summed E-state index contributed by atoms with van der Waals surface area (Å²) in [6.07, 6.45) is 4.58. The topological polar surface area (TPSA) is 66.8 Å². The van der Waals surface area contributed by atoms with Crippen LogP contribution < -0.4 is 5.32 Å². The molecular formula is C31H41BrN4O3. The quantitative estimate of drug-likeness (QED) is 0.213. The molecule has 1 aromatic heterocycles. The molecule has 0 radical (unpaired) electrons. The number of carbonyl (C=O) groups excluding carboxylic acids is 2.